The van der Waals surface area contributed by atoms with Crippen molar-refractivity contribution in [3.05, 3.63) is 48.3 Å². The van der Waals surface area contributed by atoms with Crippen LogP contribution in [0.25, 0.3) is 22.2 Å². The number of ether oxygens (including phenoxy) is 2. The van der Waals surface area contributed by atoms with Gasteiger partial charge in [-0.05, 0) is 56.9 Å². The molecule has 1 saturated carbocycles. The lowest BCUT2D eigenvalue weighted by Gasteiger charge is -2.13. The topological polar surface area (TPSA) is 133 Å². The standard InChI is InChI=1S/C25H29N7O3/c1-15(2)35-25(33)27-18-7-5-17(6-8-18)24-23(26)20-10-9-19(34-12-11-22-28-30-31-29-22)13-21(20)32(24)14-16-3-4-16/h5-10,13,15-16H,3-4,11-12,14,26H2,1-2H3,(H,27,33)(H,28,29,30,31). The molecule has 4 N–H and O–H groups in total. The molecule has 0 radical (unpaired) electrons. The van der Waals surface area contributed by atoms with Crippen LogP contribution in [0, 0.1) is 5.92 Å². The Balaban J connectivity index is 1.41. The number of nitrogens with one attached hydrogen (secondary N) is 2. The molecule has 1 fully saturated rings. The average Bonchev–Trinajstić information content (AvgIpc) is 3.42. The summed E-state index contributed by atoms with van der Waals surface area (Å²) >= 11 is 0. The highest BCUT2D eigenvalue weighted by atomic mass is 16.6. The van der Waals surface area contributed by atoms with Gasteiger partial charge >= 0.3 is 6.09 Å². The van der Waals surface area contributed by atoms with E-state index >= 15 is 0 Å². The molecular formula is C25H29N7O3. The lowest BCUT2D eigenvalue weighted by molar-refractivity contribution is 0.130. The van der Waals surface area contributed by atoms with Gasteiger partial charge in [0.15, 0.2) is 5.82 Å². The molecule has 0 atom stereocenters. The number of anilines is 2. The minimum atomic E-state index is -0.470. The number of H-pyrrole nitrogens is 1. The fourth-order valence-corrected chi connectivity index (χ4v) is 4.13. The van der Waals surface area contributed by atoms with Crippen molar-refractivity contribution in [2.24, 2.45) is 5.92 Å². The van der Waals surface area contributed by atoms with Gasteiger partial charge < -0.3 is 19.8 Å². The van der Waals surface area contributed by atoms with E-state index in [-0.39, 0.29) is 6.10 Å². The van der Waals surface area contributed by atoms with Gasteiger partial charge in [0, 0.05) is 35.7 Å². The molecule has 35 heavy (non-hydrogen) atoms. The van der Waals surface area contributed by atoms with Crippen LogP contribution in [-0.2, 0) is 17.7 Å². The van der Waals surface area contributed by atoms with Gasteiger partial charge in [-0.3, -0.25) is 5.32 Å². The van der Waals surface area contributed by atoms with Gasteiger partial charge in [-0.1, -0.05) is 17.3 Å². The number of aromatic amines is 1. The SMILES string of the molecule is CC(C)OC(=O)Nc1ccc(-c2c(N)c3ccc(OCCc4nn[nH]n4)cc3n2CC2CC2)cc1. The molecule has 10 nitrogen and oxygen atoms in total. The van der Waals surface area contributed by atoms with Crippen molar-refractivity contribution in [1.82, 2.24) is 25.2 Å². The number of fused-ring (bicyclic) bond motifs is 1. The molecule has 0 spiro atoms. The molecule has 0 bridgehead atoms. The van der Waals surface area contributed by atoms with E-state index in [2.05, 4.69) is 30.5 Å². The van der Waals surface area contributed by atoms with Crippen LogP contribution in [0.4, 0.5) is 16.2 Å². The first-order valence-electron chi connectivity index (χ1n) is 11.8. The first kappa shape index (κ1) is 22.7. The Bertz CT molecular complexity index is 1310. The van der Waals surface area contributed by atoms with Gasteiger partial charge in [0.05, 0.1) is 29.6 Å². The van der Waals surface area contributed by atoms with Crippen LogP contribution in [0.2, 0.25) is 0 Å². The molecule has 1 aliphatic carbocycles. The molecule has 5 rings (SSSR count). The molecule has 1 aliphatic rings. The van der Waals surface area contributed by atoms with Crippen LogP contribution >= 0.6 is 0 Å². The molecular weight excluding hydrogens is 446 g/mol. The molecule has 182 valence electrons. The number of nitrogens with zero attached hydrogens (tertiary/aromatic N) is 4. The number of carbonyl (C=O) groups excluding carboxylic acids is 1. The minimum Gasteiger partial charge on any atom is -0.493 e. The Morgan fingerprint density at radius 3 is 2.71 bits per heavy atom. The van der Waals surface area contributed by atoms with Crippen LogP contribution in [-0.4, -0.2) is 44.0 Å². The maximum atomic E-state index is 11.9. The summed E-state index contributed by atoms with van der Waals surface area (Å²) in [5, 5.41) is 17.7. The van der Waals surface area contributed by atoms with Crippen molar-refractivity contribution in [1.29, 1.82) is 0 Å². The summed E-state index contributed by atoms with van der Waals surface area (Å²) < 4.78 is 13.4. The van der Waals surface area contributed by atoms with E-state index in [9.17, 15) is 4.79 Å². The molecule has 10 heteroatoms. The molecule has 2 aromatic heterocycles. The quantitative estimate of drug-likeness (QED) is 0.327. The summed E-state index contributed by atoms with van der Waals surface area (Å²) in [6.07, 6.45) is 2.36. The number of hydrogen-bond donors (Lipinski definition) is 3. The number of nitrogens with two attached hydrogens (primary N) is 1. The predicted octanol–water partition coefficient (Wildman–Crippen LogP) is 4.39. The highest BCUT2D eigenvalue weighted by molar-refractivity contribution is 6.01. The Morgan fingerprint density at radius 2 is 2.03 bits per heavy atom. The fourth-order valence-electron chi connectivity index (χ4n) is 4.13. The Hall–Kier alpha value is -4.08. The number of carbonyl (C=O) groups is 1. The van der Waals surface area contributed by atoms with E-state index in [1.54, 1.807) is 0 Å². The number of rotatable bonds is 9. The third-order valence-electron chi connectivity index (χ3n) is 5.94. The summed E-state index contributed by atoms with van der Waals surface area (Å²) in [5.74, 6) is 2.04. The van der Waals surface area contributed by atoms with Crippen molar-refractivity contribution in [3.8, 4) is 17.0 Å². The van der Waals surface area contributed by atoms with Crippen LogP contribution in [0.1, 0.15) is 32.5 Å². The van der Waals surface area contributed by atoms with Crippen LogP contribution < -0.4 is 15.8 Å². The molecule has 2 aromatic carbocycles. The van der Waals surface area contributed by atoms with Crippen LogP contribution in [0.5, 0.6) is 5.75 Å². The normalized spacial score (nSPS) is 13.3. The lowest BCUT2D eigenvalue weighted by atomic mass is 10.1. The molecule has 0 aliphatic heterocycles. The highest BCUT2D eigenvalue weighted by Crippen LogP contribution is 2.41. The number of amides is 1. The Kier molecular flexibility index (Phi) is 6.26. The first-order valence-corrected chi connectivity index (χ1v) is 11.8. The number of nitrogen functional groups attached to an aromatic ring is 1. The second-order valence-corrected chi connectivity index (χ2v) is 9.08. The van der Waals surface area contributed by atoms with Gasteiger partial charge in [-0.2, -0.15) is 5.21 Å². The lowest BCUT2D eigenvalue weighted by Crippen LogP contribution is -2.17. The molecule has 1 amide bonds. The molecule has 2 heterocycles. The smallest absolute Gasteiger partial charge is 0.411 e. The van der Waals surface area contributed by atoms with E-state index in [1.165, 1.54) is 12.8 Å². The maximum Gasteiger partial charge on any atom is 0.411 e. The van der Waals surface area contributed by atoms with Crippen molar-refractivity contribution < 1.29 is 14.3 Å². The van der Waals surface area contributed by atoms with E-state index in [0.29, 0.717) is 30.5 Å². The van der Waals surface area contributed by atoms with Crippen molar-refractivity contribution in [2.75, 3.05) is 17.7 Å². The Labute approximate surface area is 202 Å². The van der Waals surface area contributed by atoms with Crippen LogP contribution in [0.15, 0.2) is 42.5 Å². The molecule has 0 unspecified atom stereocenters. The van der Waals surface area contributed by atoms with Gasteiger partial charge in [0.25, 0.3) is 0 Å². The van der Waals surface area contributed by atoms with Gasteiger partial charge in [-0.25, -0.2) is 4.79 Å². The summed E-state index contributed by atoms with van der Waals surface area (Å²) in [7, 11) is 0. The summed E-state index contributed by atoms with van der Waals surface area (Å²) in [4.78, 5) is 11.9. The summed E-state index contributed by atoms with van der Waals surface area (Å²) in [5.41, 5.74) is 11.1. The first-order chi connectivity index (χ1) is 17.0. The van der Waals surface area contributed by atoms with Crippen molar-refractivity contribution in [2.45, 2.75) is 45.8 Å². The monoisotopic (exact) mass is 475 g/mol. The largest absolute Gasteiger partial charge is 0.493 e. The van der Waals surface area contributed by atoms with Gasteiger partial charge in [0.1, 0.15) is 5.75 Å². The van der Waals surface area contributed by atoms with E-state index in [1.807, 2.05) is 56.3 Å². The second kappa shape index (κ2) is 9.65. The van der Waals surface area contributed by atoms with Crippen molar-refractivity contribution in [3.63, 3.8) is 0 Å². The second-order valence-electron chi connectivity index (χ2n) is 9.08. The van der Waals surface area contributed by atoms with Crippen LogP contribution in [0.3, 0.4) is 0 Å². The summed E-state index contributed by atoms with van der Waals surface area (Å²) in [6, 6.07) is 13.7. The fraction of sp³-hybridized carbons (Fsp3) is 0.360. The highest BCUT2D eigenvalue weighted by Gasteiger charge is 2.26. The van der Waals surface area contributed by atoms with E-state index in [0.717, 1.165) is 40.1 Å². The number of benzene rings is 2. The zero-order valence-electron chi connectivity index (χ0n) is 19.8. The van der Waals surface area contributed by atoms with Crippen molar-refractivity contribution >= 4 is 28.4 Å². The molecule has 0 saturated heterocycles. The third-order valence-corrected chi connectivity index (χ3v) is 5.94. The number of hydrogen-bond acceptors (Lipinski definition) is 7. The zero-order valence-corrected chi connectivity index (χ0v) is 19.8. The predicted molar refractivity (Wildman–Crippen MR) is 133 cm³/mol. The van der Waals surface area contributed by atoms with Gasteiger partial charge in [0.2, 0.25) is 0 Å². The van der Waals surface area contributed by atoms with Gasteiger partial charge in [-0.15, -0.1) is 10.2 Å². The number of tetrazole rings is 1. The molecule has 4 aromatic rings. The average molecular weight is 476 g/mol. The number of aromatic nitrogens is 5. The maximum absolute atomic E-state index is 11.9. The van der Waals surface area contributed by atoms with E-state index in [4.69, 9.17) is 15.2 Å². The zero-order chi connectivity index (χ0) is 24.4. The minimum absolute atomic E-state index is 0.181. The van der Waals surface area contributed by atoms with E-state index < -0.39 is 6.09 Å². The summed E-state index contributed by atoms with van der Waals surface area (Å²) in [6.45, 7) is 4.98. The third kappa shape index (κ3) is 5.21. The Morgan fingerprint density at radius 1 is 1.23 bits per heavy atom.